The first kappa shape index (κ1) is 29.4. The number of anilines is 1. The van der Waals surface area contributed by atoms with Crippen molar-refractivity contribution < 1.29 is 23.8 Å². The molecule has 198 valence electrons. The fourth-order valence-electron chi connectivity index (χ4n) is 5.01. The lowest BCUT2D eigenvalue weighted by Crippen LogP contribution is -2.57. The number of methoxy groups -OCH3 is 2. The number of halogens is 1. The maximum Gasteiger partial charge on any atom is 0.273 e. The molecule has 9 heteroatoms. The number of amides is 2. The fraction of sp³-hybridized carbons (Fsp3) is 0.692. The van der Waals surface area contributed by atoms with Crippen LogP contribution in [-0.4, -0.2) is 81.5 Å². The predicted molar refractivity (Wildman–Crippen MR) is 140 cm³/mol. The van der Waals surface area contributed by atoms with Crippen molar-refractivity contribution in [1.82, 2.24) is 10.2 Å². The molecule has 1 aromatic rings. The van der Waals surface area contributed by atoms with E-state index in [4.69, 9.17) is 14.2 Å². The second-order valence-corrected chi connectivity index (χ2v) is 9.86. The van der Waals surface area contributed by atoms with Gasteiger partial charge in [-0.3, -0.25) is 9.59 Å². The number of carbonyl (C=O) groups is 2. The Labute approximate surface area is 216 Å². The highest BCUT2D eigenvalue weighted by atomic mass is 35.5. The van der Waals surface area contributed by atoms with Crippen molar-refractivity contribution in [2.24, 2.45) is 0 Å². The second kappa shape index (κ2) is 12.9. The van der Waals surface area contributed by atoms with Gasteiger partial charge < -0.3 is 29.3 Å². The number of fused-ring (bicyclic) bond motifs is 1. The van der Waals surface area contributed by atoms with Crippen LogP contribution in [0.2, 0.25) is 0 Å². The summed E-state index contributed by atoms with van der Waals surface area (Å²) in [7, 11) is 3.24. The summed E-state index contributed by atoms with van der Waals surface area (Å²) >= 11 is 0. The lowest BCUT2D eigenvalue weighted by Gasteiger charge is -2.41. The van der Waals surface area contributed by atoms with Crippen LogP contribution in [-0.2, 0) is 14.3 Å². The molecule has 2 heterocycles. The minimum absolute atomic E-state index is 0. The Balaban J connectivity index is 0.00000432. The van der Waals surface area contributed by atoms with E-state index in [0.717, 1.165) is 44.3 Å². The molecule has 0 radical (unpaired) electrons. The highest BCUT2D eigenvalue weighted by Crippen LogP contribution is 2.40. The largest absolute Gasteiger partial charge is 0.473 e. The molecule has 8 nitrogen and oxygen atoms in total. The summed E-state index contributed by atoms with van der Waals surface area (Å²) in [6.45, 7) is 10.9. The van der Waals surface area contributed by atoms with Crippen molar-refractivity contribution >= 4 is 29.9 Å². The van der Waals surface area contributed by atoms with Gasteiger partial charge in [0.2, 0.25) is 5.60 Å². The van der Waals surface area contributed by atoms with Crippen LogP contribution < -0.4 is 15.0 Å². The highest BCUT2D eigenvalue weighted by molar-refractivity contribution is 6.05. The number of nitrogens with one attached hydrogen (secondary N) is 1. The lowest BCUT2D eigenvalue weighted by atomic mass is 9.97. The van der Waals surface area contributed by atoms with Gasteiger partial charge >= 0.3 is 0 Å². The third-order valence-electron chi connectivity index (χ3n) is 6.71. The molecule has 2 amide bonds. The van der Waals surface area contributed by atoms with Crippen LogP contribution in [0.3, 0.4) is 0 Å². The van der Waals surface area contributed by atoms with Gasteiger partial charge in [0.15, 0.2) is 0 Å². The van der Waals surface area contributed by atoms with Gasteiger partial charge in [-0.25, -0.2) is 0 Å². The molecule has 0 aliphatic carbocycles. The van der Waals surface area contributed by atoms with Gasteiger partial charge in [0.1, 0.15) is 5.75 Å². The van der Waals surface area contributed by atoms with E-state index in [0.29, 0.717) is 30.2 Å². The number of hydrogen-bond acceptors (Lipinski definition) is 6. The third kappa shape index (κ3) is 6.47. The van der Waals surface area contributed by atoms with E-state index in [2.05, 4.69) is 19.2 Å². The van der Waals surface area contributed by atoms with Crippen molar-refractivity contribution in [3.05, 3.63) is 23.3 Å². The minimum Gasteiger partial charge on any atom is -0.473 e. The van der Waals surface area contributed by atoms with E-state index in [1.165, 1.54) is 0 Å². The van der Waals surface area contributed by atoms with E-state index < -0.39 is 5.60 Å². The van der Waals surface area contributed by atoms with Crippen molar-refractivity contribution in [2.75, 3.05) is 52.0 Å². The molecule has 0 spiro atoms. The van der Waals surface area contributed by atoms with Crippen LogP contribution in [0.1, 0.15) is 62.4 Å². The molecule has 2 aliphatic rings. The van der Waals surface area contributed by atoms with Crippen LogP contribution in [0, 0.1) is 6.92 Å². The first-order valence-electron chi connectivity index (χ1n) is 12.4. The summed E-state index contributed by atoms with van der Waals surface area (Å²) < 4.78 is 16.7. The summed E-state index contributed by atoms with van der Waals surface area (Å²) in [5.41, 5.74) is 0.993. The highest BCUT2D eigenvalue weighted by Gasteiger charge is 2.45. The Morgan fingerprint density at radius 1 is 1.29 bits per heavy atom. The molecule has 35 heavy (non-hydrogen) atoms. The van der Waals surface area contributed by atoms with Gasteiger partial charge in [-0.05, 0) is 77.6 Å². The molecule has 0 unspecified atom stereocenters. The summed E-state index contributed by atoms with van der Waals surface area (Å²) in [6, 6.07) is 3.97. The summed E-state index contributed by atoms with van der Waals surface area (Å²) in [5.74, 6) is 0.454. The van der Waals surface area contributed by atoms with Gasteiger partial charge in [0, 0.05) is 51.6 Å². The minimum atomic E-state index is -1.11. The molecule has 1 fully saturated rings. The number of benzene rings is 1. The summed E-state index contributed by atoms with van der Waals surface area (Å²) in [5, 5.41) is 3.42. The Bertz CT molecular complexity index is 875. The maximum absolute atomic E-state index is 13.8. The number of aryl methyl sites for hydroxylation is 1. The van der Waals surface area contributed by atoms with Crippen LogP contribution in [0.4, 0.5) is 5.69 Å². The number of piperidine rings is 1. The zero-order valence-electron chi connectivity index (χ0n) is 22.0. The van der Waals surface area contributed by atoms with Gasteiger partial charge in [-0.15, -0.1) is 12.4 Å². The fourth-order valence-corrected chi connectivity index (χ4v) is 5.01. The topological polar surface area (TPSA) is 80.3 Å². The lowest BCUT2D eigenvalue weighted by molar-refractivity contribution is -0.138. The molecule has 2 aliphatic heterocycles. The van der Waals surface area contributed by atoms with Crippen molar-refractivity contribution in [2.45, 2.75) is 71.1 Å². The number of rotatable bonds is 10. The van der Waals surface area contributed by atoms with E-state index in [1.54, 1.807) is 26.0 Å². The van der Waals surface area contributed by atoms with Crippen molar-refractivity contribution in [3.63, 3.8) is 0 Å². The van der Waals surface area contributed by atoms with E-state index in [1.807, 2.05) is 24.0 Å². The number of ether oxygens (including phenoxy) is 3. The van der Waals surface area contributed by atoms with Crippen molar-refractivity contribution in [1.29, 1.82) is 0 Å². The molecule has 0 saturated carbocycles. The van der Waals surface area contributed by atoms with Crippen LogP contribution in [0.25, 0.3) is 0 Å². The van der Waals surface area contributed by atoms with Gasteiger partial charge in [-0.2, -0.15) is 0 Å². The summed E-state index contributed by atoms with van der Waals surface area (Å²) in [6.07, 6.45) is 3.67. The predicted octanol–water partition coefficient (Wildman–Crippen LogP) is 3.58. The molecule has 2 atom stereocenters. The number of unbranched alkanes of at least 4 members (excludes halogenated alkanes) is 1. The molecule has 0 aromatic heterocycles. The van der Waals surface area contributed by atoms with Gasteiger partial charge in [-0.1, -0.05) is 0 Å². The zero-order chi connectivity index (χ0) is 24.9. The Morgan fingerprint density at radius 2 is 2.03 bits per heavy atom. The summed E-state index contributed by atoms with van der Waals surface area (Å²) in [4.78, 5) is 31.1. The molecule has 0 bridgehead atoms. The molecule has 3 rings (SSSR count). The van der Waals surface area contributed by atoms with E-state index >= 15 is 0 Å². The average molecular weight is 512 g/mol. The van der Waals surface area contributed by atoms with Gasteiger partial charge in [0.25, 0.3) is 11.8 Å². The molecule has 1 saturated heterocycles. The molecule has 1 aromatic carbocycles. The quantitative estimate of drug-likeness (QED) is 0.484. The van der Waals surface area contributed by atoms with E-state index in [9.17, 15) is 9.59 Å². The third-order valence-corrected chi connectivity index (χ3v) is 6.71. The standard InChI is InChI=1S/C26H41N3O5.ClH/c1-18(2)29(20-10-9-11-27-16-20)24(30)21-15-22-23(14-19(21)3)34-26(4,17-33-6)25(31)28(22)12-7-8-13-32-5;/h14-15,18,20,27H,7-13,16-17H2,1-6H3;1H/t20-,26+;/m1./s1. The van der Waals surface area contributed by atoms with E-state index in [-0.39, 0.29) is 42.9 Å². The SMILES string of the molecule is COCCCCN1C(=O)[C@](C)(COC)Oc2cc(C)c(C(=O)N(C(C)C)[C@@H]3CCCNC3)cc21.Cl. The van der Waals surface area contributed by atoms with Crippen LogP contribution in [0.5, 0.6) is 5.75 Å². The zero-order valence-corrected chi connectivity index (χ0v) is 22.8. The van der Waals surface area contributed by atoms with Gasteiger partial charge in [0.05, 0.1) is 12.3 Å². The smallest absolute Gasteiger partial charge is 0.273 e. The average Bonchev–Trinajstić information content (AvgIpc) is 2.79. The number of carbonyl (C=O) groups excluding carboxylic acids is 2. The maximum atomic E-state index is 13.8. The Hall–Kier alpha value is -1.87. The molecular formula is C26H42ClN3O5. The molecular weight excluding hydrogens is 470 g/mol. The Kier molecular flexibility index (Phi) is 10.8. The Morgan fingerprint density at radius 3 is 2.63 bits per heavy atom. The molecule has 1 N–H and O–H groups in total. The monoisotopic (exact) mass is 511 g/mol. The first-order valence-corrected chi connectivity index (χ1v) is 12.4. The van der Waals surface area contributed by atoms with Crippen LogP contribution in [0.15, 0.2) is 12.1 Å². The number of hydrogen-bond donors (Lipinski definition) is 1. The first-order chi connectivity index (χ1) is 16.2. The van der Waals surface area contributed by atoms with Crippen molar-refractivity contribution in [3.8, 4) is 5.75 Å². The van der Waals surface area contributed by atoms with Crippen LogP contribution >= 0.6 is 12.4 Å². The second-order valence-electron chi connectivity index (χ2n) is 9.86. The number of nitrogens with zero attached hydrogens (tertiary/aromatic N) is 2. The normalized spacial score (nSPS) is 21.9.